The summed E-state index contributed by atoms with van der Waals surface area (Å²) in [4.78, 5) is 0. The zero-order valence-corrected chi connectivity index (χ0v) is 19.4. The molecule has 4 nitrogen and oxygen atoms in total. The molecule has 4 rings (SSSR count). The molecule has 0 fully saturated rings. The van der Waals surface area contributed by atoms with E-state index in [2.05, 4.69) is 121 Å². The fourth-order valence-corrected chi connectivity index (χ4v) is 4.62. The number of rotatable bonds is 4. The van der Waals surface area contributed by atoms with Crippen molar-refractivity contribution in [2.24, 2.45) is 0 Å². The Bertz CT molecular complexity index is 1070. The summed E-state index contributed by atoms with van der Waals surface area (Å²) in [7, 11) is -0.642. The van der Waals surface area contributed by atoms with Crippen molar-refractivity contribution in [1.82, 2.24) is 9.13 Å². The molecule has 148 valence electrons. The summed E-state index contributed by atoms with van der Waals surface area (Å²) in [5.41, 5.74) is 10.1. The molecule has 2 aromatic carbocycles. The molecule has 0 aliphatic rings. The third-order valence-corrected chi connectivity index (χ3v) is 5.59. The number of nitrogens with zero attached hydrogens (tertiary/aromatic N) is 4. The number of aromatic nitrogens is 4. The Kier molecular flexibility index (Phi) is 6.45. The van der Waals surface area contributed by atoms with Crippen LogP contribution in [0, 0.1) is 54.2 Å². The molecule has 0 N–H and O–H groups in total. The van der Waals surface area contributed by atoms with Crippen LogP contribution in [0.1, 0.15) is 33.4 Å². The van der Waals surface area contributed by atoms with Gasteiger partial charge in [0.25, 0.3) is 0 Å². The number of hydrogen-bond donors (Lipinski definition) is 0. The van der Waals surface area contributed by atoms with Gasteiger partial charge in [-0.2, -0.15) is 0 Å². The fourth-order valence-electron chi connectivity index (χ4n) is 4.62. The van der Waals surface area contributed by atoms with Crippen molar-refractivity contribution in [3.63, 3.8) is 0 Å². The van der Waals surface area contributed by atoms with Crippen molar-refractivity contribution in [3.8, 4) is 11.4 Å². The standard InChI is InChI=1S/C24H28BN4.Li/c1-17-11-19(3)23(20(4)12-17)26-7-9-28(15-26)25-29-10-8-27(16-29)24-21(5)13-18(2)14-22(24)6;/h7-14H,25H2,1-6H3;/q-1;+1. The Morgan fingerprint density at radius 1 is 0.633 bits per heavy atom. The predicted molar refractivity (Wildman–Crippen MR) is 117 cm³/mol. The van der Waals surface area contributed by atoms with Crippen LogP contribution >= 0.6 is 0 Å². The van der Waals surface area contributed by atoms with E-state index in [4.69, 9.17) is 0 Å². The number of hydrogen-bond acceptors (Lipinski definition) is 0. The summed E-state index contributed by atoms with van der Waals surface area (Å²) in [5, 5.41) is 0. The molecule has 0 saturated heterocycles. The molecule has 6 heteroatoms. The van der Waals surface area contributed by atoms with E-state index in [1.807, 2.05) is 0 Å². The molecule has 2 aromatic heterocycles. The van der Waals surface area contributed by atoms with E-state index in [0.717, 1.165) is 0 Å². The van der Waals surface area contributed by atoms with Crippen LogP contribution in [-0.4, -0.2) is 16.7 Å². The topological polar surface area (TPSA) is 17.6 Å². The average Bonchev–Trinajstić information content (AvgIpc) is 3.23. The van der Waals surface area contributed by atoms with Gasteiger partial charge in [0.05, 0.1) is 11.4 Å². The van der Waals surface area contributed by atoms with Gasteiger partial charge in [-0.15, -0.1) is 0 Å². The first kappa shape index (κ1) is 22.2. The summed E-state index contributed by atoms with van der Waals surface area (Å²) in [5.74, 6) is 0. The predicted octanol–water partition coefficient (Wildman–Crippen LogP) is -0.307. The zero-order valence-electron chi connectivity index (χ0n) is 19.4. The summed E-state index contributed by atoms with van der Waals surface area (Å²) in [6.07, 6.45) is 15.4. The van der Waals surface area contributed by atoms with Crippen molar-refractivity contribution in [3.05, 3.63) is 95.1 Å². The van der Waals surface area contributed by atoms with Gasteiger partial charge in [-0.05, 0) is 76.2 Å². The van der Waals surface area contributed by atoms with E-state index in [1.165, 1.54) is 44.8 Å². The van der Waals surface area contributed by atoms with Gasteiger partial charge in [0, 0.05) is 12.4 Å². The molecule has 0 aliphatic carbocycles. The molecule has 0 spiro atoms. The molecule has 0 unspecified atom stereocenters. The zero-order chi connectivity index (χ0) is 20.7. The van der Waals surface area contributed by atoms with Crippen LogP contribution in [0.25, 0.3) is 11.4 Å². The Hall–Kier alpha value is -2.48. The Labute approximate surface area is 192 Å². The van der Waals surface area contributed by atoms with Crippen LogP contribution in [0.5, 0.6) is 0 Å². The molecule has 0 aliphatic heterocycles. The van der Waals surface area contributed by atoms with Crippen LogP contribution in [-0.2, 0) is 0 Å². The maximum absolute atomic E-state index is 3.50. The van der Waals surface area contributed by atoms with E-state index in [9.17, 15) is 0 Å². The first-order valence-corrected chi connectivity index (χ1v) is 10.2. The van der Waals surface area contributed by atoms with Crippen molar-refractivity contribution < 1.29 is 27.8 Å². The van der Waals surface area contributed by atoms with Crippen LogP contribution in [0.15, 0.2) is 49.1 Å². The largest absolute Gasteiger partial charge is 1.00 e. The second-order valence-electron chi connectivity index (χ2n) is 8.45. The molecule has 0 bridgehead atoms. The van der Waals surface area contributed by atoms with Gasteiger partial charge in [-0.3, -0.25) is 0 Å². The van der Waals surface area contributed by atoms with Crippen LogP contribution < -0.4 is 27.8 Å². The summed E-state index contributed by atoms with van der Waals surface area (Å²) in [6.45, 7) is 12.9. The fraction of sp³-hybridized carbons (Fsp3) is 0.250. The molecule has 0 radical (unpaired) electrons. The van der Waals surface area contributed by atoms with Gasteiger partial charge in [0.1, 0.15) is 0 Å². The van der Waals surface area contributed by atoms with Gasteiger partial charge < -0.3 is 18.1 Å². The third-order valence-electron chi connectivity index (χ3n) is 5.59. The summed E-state index contributed by atoms with van der Waals surface area (Å²) >= 11 is 0. The van der Waals surface area contributed by atoms with E-state index < -0.39 is 7.55 Å². The van der Waals surface area contributed by atoms with E-state index in [-0.39, 0.29) is 18.9 Å². The van der Waals surface area contributed by atoms with Crippen molar-refractivity contribution in [2.75, 3.05) is 0 Å². The number of aryl methyl sites for hydroxylation is 6. The first-order valence-electron chi connectivity index (χ1n) is 10.2. The second kappa shape index (κ2) is 8.72. The van der Waals surface area contributed by atoms with Gasteiger partial charge in [0.15, 0.2) is 12.7 Å². The van der Waals surface area contributed by atoms with Gasteiger partial charge in [-0.1, -0.05) is 35.4 Å². The van der Waals surface area contributed by atoms with Crippen LogP contribution in [0.2, 0.25) is 0 Å². The van der Waals surface area contributed by atoms with Gasteiger partial charge >= 0.3 is 26.4 Å². The average molecular weight is 390 g/mol. The Balaban J connectivity index is 0.00000256. The van der Waals surface area contributed by atoms with Crippen molar-refractivity contribution in [2.45, 2.75) is 41.5 Å². The molecule has 4 aromatic rings. The van der Waals surface area contributed by atoms with Gasteiger partial charge in [-0.25, -0.2) is 0 Å². The molecular formula is C24H28BLiN4. The molecule has 0 atom stereocenters. The minimum Gasteiger partial charge on any atom is -0.487 e. The van der Waals surface area contributed by atoms with E-state index in [1.54, 1.807) is 0 Å². The first-order chi connectivity index (χ1) is 13.8. The molecular weight excluding hydrogens is 362 g/mol. The minimum absolute atomic E-state index is 0. The normalized spacial score (nSPS) is 10.9. The van der Waals surface area contributed by atoms with E-state index in [0.29, 0.717) is 0 Å². The van der Waals surface area contributed by atoms with Crippen molar-refractivity contribution in [1.29, 1.82) is 0 Å². The number of imidazole rings is 2. The quantitative estimate of drug-likeness (QED) is 0.336. The van der Waals surface area contributed by atoms with Crippen molar-refractivity contribution >= 4 is 7.55 Å². The maximum atomic E-state index is 3.50. The Morgan fingerprint density at radius 3 is 1.30 bits per heavy atom. The summed E-state index contributed by atoms with van der Waals surface area (Å²) in [6, 6.07) is 8.91. The maximum Gasteiger partial charge on any atom is 1.00 e. The number of benzene rings is 2. The molecule has 0 saturated carbocycles. The molecule has 2 heterocycles. The van der Waals surface area contributed by atoms with Crippen LogP contribution in [0.4, 0.5) is 0 Å². The smallest absolute Gasteiger partial charge is 0.487 e. The Morgan fingerprint density at radius 2 is 0.967 bits per heavy atom. The van der Waals surface area contributed by atoms with Gasteiger partial charge in [0.2, 0.25) is 0 Å². The molecule has 30 heavy (non-hydrogen) atoms. The van der Waals surface area contributed by atoms with Crippen LogP contribution in [0.3, 0.4) is 0 Å². The monoisotopic (exact) mass is 390 g/mol. The SMILES string of the molecule is Cc1cc(C)c(-n2[c-][n+]([BH2-][n+]3[c-]n(-c4c(C)cc(C)cc4C)cc3)cc2)c(C)c1.[Li+]. The summed E-state index contributed by atoms with van der Waals surface area (Å²) < 4.78 is 8.57. The molecule has 0 amide bonds. The minimum atomic E-state index is -0.642. The second-order valence-corrected chi connectivity index (χ2v) is 8.45. The third kappa shape index (κ3) is 4.33. The van der Waals surface area contributed by atoms with E-state index >= 15 is 0 Å².